The highest BCUT2D eigenvalue weighted by Gasteiger charge is 2.16. The smallest absolute Gasteiger partial charge is 0.127 e. The predicted octanol–water partition coefficient (Wildman–Crippen LogP) is 2.30. The minimum atomic E-state index is -0.213. The first kappa shape index (κ1) is 10.4. The van der Waals surface area contributed by atoms with Crippen LogP contribution in [0.25, 0.3) is 0 Å². The van der Waals surface area contributed by atoms with Crippen molar-refractivity contribution in [1.82, 2.24) is 5.32 Å². The average molecular weight is 209 g/mol. The molecule has 0 radical (unpaired) electrons. The van der Waals surface area contributed by atoms with Gasteiger partial charge in [0.05, 0.1) is 7.11 Å². The zero-order valence-corrected chi connectivity index (χ0v) is 8.92. The van der Waals surface area contributed by atoms with Crippen LogP contribution in [0.3, 0.4) is 0 Å². The van der Waals surface area contributed by atoms with Gasteiger partial charge in [0.2, 0.25) is 0 Å². The van der Waals surface area contributed by atoms with E-state index in [-0.39, 0.29) is 5.82 Å². The van der Waals surface area contributed by atoms with Crippen LogP contribution in [0.4, 0.5) is 4.39 Å². The summed E-state index contributed by atoms with van der Waals surface area (Å²) in [7, 11) is 1.57. The van der Waals surface area contributed by atoms with Gasteiger partial charge in [-0.05, 0) is 43.0 Å². The van der Waals surface area contributed by atoms with Gasteiger partial charge in [-0.2, -0.15) is 0 Å². The number of halogens is 1. The largest absolute Gasteiger partial charge is 0.497 e. The fourth-order valence-corrected chi connectivity index (χ4v) is 2.07. The summed E-state index contributed by atoms with van der Waals surface area (Å²) in [5.74, 6) is 0.814. The molecule has 0 amide bonds. The van der Waals surface area contributed by atoms with Crippen molar-refractivity contribution < 1.29 is 9.13 Å². The van der Waals surface area contributed by atoms with Gasteiger partial charge in [0.1, 0.15) is 11.6 Å². The van der Waals surface area contributed by atoms with Crippen LogP contribution in [0, 0.1) is 5.82 Å². The summed E-state index contributed by atoms with van der Waals surface area (Å²) in [6.07, 6.45) is 2.28. The van der Waals surface area contributed by atoms with Gasteiger partial charge in [-0.25, -0.2) is 4.39 Å². The van der Waals surface area contributed by atoms with E-state index in [1.54, 1.807) is 13.2 Å². The van der Waals surface area contributed by atoms with Crippen LogP contribution in [0.15, 0.2) is 18.2 Å². The molecule has 2 nitrogen and oxygen atoms in total. The van der Waals surface area contributed by atoms with E-state index in [1.165, 1.54) is 6.07 Å². The monoisotopic (exact) mass is 209 g/mol. The summed E-state index contributed by atoms with van der Waals surface area (Å²) in [6, 6.07) is 4.96. The molecule has 0 bridgehead atoms. The molecule has 1 saturated heterocycles. The number of benzene rings is 1. The van der Waals surface area contributed by atoms with Crippen LogP contribution in [0.1, 0.15) is 24.3 Å². The second kappa shape index (κ2) is 4.62. The molecule has 1 aromatic carbocycles. The van der Waals surface area contributed by atoms with E-state index >= 15 is 0 Å². The summed E-state index contributed by atoms with van der Waals surface area (Å²) in [6.45, 7) is 2.01. The van der Waals surface area contributed by atoms with Crippen molar-refractivity contribution in [2.24, 2.45) is 0 Å². The molecule has 1 N–H and O–H groups in total. The summed E-state index contributed by atoms with van der Waals surface area (Å²) >= 11 is 0. The van der Waals surface area contributed by atoms with Gasteiger partial charge in [0.25, 0.3) is 0 Å². The standard InChI is InChI=1S/C12H16FNO/c1-15-12-6-10(5-11(13)7-12)9-3-2-4-14-8-9/h5-7,9,14H,2-4,8H2,1H3/t9-/m0/s1. The Hall–Kier alpha value is -1.09. The Morgan fingerprint density at radius 2 is 2.27 bits per heavy atom. The lowest BCUT2D eigenvalue weighted by atomic mass is 9.91. The number of nitrogens with one attached hydrogen (secondary N) is 1. The molecule has 1 fully saturated rings. The molecule has 1 atom stereocenters. The third-order valence-electron chi connectivity index (χ3n) is 2.90. The van der Waals surface area contributed by atoms with Crippen LogP contribution in [-0.2, 0) is 0 Å². The SMILES string of the molecule is COc1cc(F)cc([C@H]2CCCNC2)c1. The van der Waals surface area contributed by atoms with Crippen LogP contribution in [0.5, 0.6) is 5.75 Å². The first-order valence-electron chi connectivity index (χ1n) is 5.35. The predicted molar refractivity (Wildman–Crippen MR) is 57.8 cm³/mol. The van der Waals surface area contributed by atoms with Gasteiger partial charge in [0, 0.05) is 12.6 Å². The fraction of sp³-hybridized carbons (Fsp3) is 0.500. The van der Waals surface area contributed by atoms with E-state index in [0.717, 1.165) is 31.5 Å². The number of methoxy groups -OCH3 is 1. The van der Waals surface area contributed by atoms with Gasteiger partial charge < -0.3 is 10.1 Å². The molecule has 3 heteroatoms. The summed E-state index contributed by atoms with van der Waals surface area (Å²) in [5.41, 5.74) is 1.04. The van der Waals surface area contributed by atoms with E-state index in [9.17, 15) is 4.39 Å². The fourth-order valence-electron chi connectivity index (χ4n) is 2.07. The molecule has 2 rings (SSSR count). The van der Waals surface area contributed by atoms with Crippen molar-refractivity contribution in [2.45, 2.75) is 18.8 Å². The quantitative estimate of drug-likeness (QED) is 0.807. The van der Waals surface area contributed by atoms with Gasteiger partial charge in [-0.1, -0.05) is 0 Å². The maximum Gasteiger partial charge on any atom is 0.127 e. The van der Waals surface area contributed by atoms with Crippen molar-refractivity contribution in [1.29, 1.82) is 0 Å². The van der Waals surface area contributed by atoms with Crippen molar-refractivity contribution >= 4 is 0 Å². The lowest BCUT2D eigenvalue weighted by Gasteiger charge is -2.23. The van der Waals surface area contributed by atoms with Gasteiger partial charge >= 0.3 is 0 Å². The molecule has 1 aliphatic heterocycles. The molecule has 0 aliphatic carbocycles. The number of hydrogen-bond acceptors (Lipinski definition) is 2. The highest BCUT2D eigenvalue weighted by molar-refractivity contribution is 5.32. The van der Waals surface area contributed by atoms with Crippen LogP contribution in [0.2, 0.25) is 0 Å². The Bertz CT molecular complexity index is 334. The maximum absolute atomic E-state index is 13.3. The number of ether oxygens (including phenoxy) is 1. The molecular weight excluding hydrogens is 193 g/mol. The molecule has 1 aromatic rings. The number of rotatable bonds is 2. The number of piperidine rings is 1. The van der Waals surface area contributed by atoms with E-state index in [2.05, 4.69) is 5.32 Å². The average Bonchev–Trinajstić information content (AvgIpc) is 2.29. The Labute approximate surface area is 89.4 Å². The maximum atomic E-state index is 13.3. The van der Waals surface area contributed by atoms with Crippen LogP contribution in [-0.4, -0.2) is 20.2 Å². The van der Waals surface area contributed by atoms with Crippen molar-refractivity contribution in [3.63, 3.8) is 0 Å². The van der Waals surface area contributed by atoms with E-state index in [1.807, 2.05) is 6.07 Å². The molecule has 1 heterocycles. The third-order valence-corrected chi connectivity index (χ3v) is 2.90. The van der Waals surface area contributed by atoms with Crippen molar-refractivity contribution in [2.75, 3.05) is 20.2 Å². The second-order valence-corrected chi connectivity index (χ2v) is 3.97. The molecule has 0 aromatic heterocycles. The second-order valence-electron chi connectivity index (χ2n) is 3.97. The minimum Gasteiger partial charge on any atom is -0.497 e. The molecule has 15 heavy (non-hydrogen) atoms. The topological polar surface area (TPSA) is 21.3 Å². The van der Waals surface area contributed by atoms with E-state index in [0.29, 0.717) is 11.7 Å². The highest BCUT2D eigenvalue weighted by Crippen LogP contribution is 2.27. The van der Waals surface area contributed by atoms with Gasteiger partial charge in [0.15, 0.2) is 0 Å². The Balaban J connectivity index is 2.22. The first-order valence-corrected chi connectivity index (χ1v) is 5.35. The summed E-state index contributed by atoms with van der Waals surface area (Å²) < 4.78 is 18.3. The molecular formula is C12H16FNO. The van der Waals surface area contributed by atoms with Gasteiger partial charge in [-0.15, -0.1) is 0 Å². The Kier molecular flexibility index (Phi) is 3.21. The first-order chi connectivity index (χ1) is 7.29. The Morgan fingerprint density at radius 3 is 2.93 bits per heavy atom. The number of hydrogen-bond donors (Lipinski definition) is 1. The zero-order chi connectivity index (χ0) is 10.7. The molecule has 82 valence electrons. The molecule has 0 spiro atoms. The molecule has 0 unspecified atom stereocenters. The Morgan fingerprint density at radius 1 is 1.40 bits per heavy atom. The van der Waals surface area contributed by atoms with E-state index < -0.39 is 0 Å². The van der Waals surface area contributed by atoms with Gasteiger partial charge in [-0.3, -0.25) is 0 Å². The van der Waals surface area contributed by atoms with Crippen molar-refractivity contribution in [3.8, 4) is 5.75 Å². The minimum absolute atomic E-state index is 0.213. The van der Waals surface area contributed by atoms with Crippen molar-refractivity contribution in [3.05, 3.63) is 29.6 Å². The lowest BCUT2D eigenvalue weighted by Crippen LogP contribution is -2.28. The highest BCUT2D eigenvalue weighted by atomic mass is 19.1. The normalized spacial score (nSPS) is 21.3. The third kappa shape index (κ3) is 2.48. The van der Waals surface area contributed by atoms with Crippen LogP contribution < -0.4 is 10.1 Å². The zero-order valence-electron chi connectivity index (χ0n) is 8.92. The van der Waals surface area contributed by atoms with Crippen LogP contribution >= 0.6 is 0 Å². The summed E-state index contributed by atoms with van der Waals surface area (Å²) in [5, 5.41) is 3.33. The lowest BCUT2D eigenvalue weighted by molar-refractivity contribution is 0.407. The summed E-state index contributed by atoms with van der Waals surface area (Å²) in [4.78, 5) is 0. The van der Waals surface area contributed by atoms with E-state index in [4.69, 9.17) is 4.74 Å². The molecule has 0 saturated carbocycles. The molecule has 1 aliphatic rings.